The van der Waals surface area contributed by atoms with Crippen LogP contribution in [0.3, 0.4) is 0 Å². The van der Waals surface area contributed by atoms with E-state index in [0.29, 0.717) is 0 Å². The van der Waals surface area contributed by atoms with Crippen LogP contribution in [0.2, 0.25) is 0 Å². The third-order valence-corrected chi connectivity index (χ3v) is 3.91. The number of hydrogen-bond donors (Lipinski definition) is 1. The van der Waals surface area contributed by atoms with Gasteiger partial charge in [0.25, 0.3) is 5.91 Å². The van der Waals surface area contributed by atoms with Gasteiger partial charge in [0.15, 0.2) is 0 Å². The molecule has 1 aromatic carbocycles. The van der Waals surface area contributed by atoms with E-state index in [-0.39, 0.29) is 5.56 Å². The van der Waals surface area contributed by atoms with Gasteiger partial charge >= 0.3 is 5.76 Å². The molecule has 0 unspecified atom stereocenters. The summed E-state index contributed by atoms with van der Waals surface area (Å²) < 4.78 is 69.9. The SMILES string of the molecule is CS(=O)(=O)NC(=O)c1ccc(S(=O)(=O)C(F)F)cc1. The Morgan fingerprint density at radius 1 is 1.11 bits per heavy atom. The average molecular weight is 313 g/mol. The number of rotatable bonds is 4. The second kappa shape index (κ2) is 5.21. The lowest BCUT2D eigenvalue weighted by molar-refractivity contribution is 0.0981. The summed E-state index contributed by atoms with van der Waals surface area (Å²) in [6.07, 6.45) is 0.764. The van der Waals surface area contributed by atoms with Gasteiger partial charge in [0.2, 0.25) is 19.9 Å². The highest BCUT2D eigenvalue weighted by molar-refractivity contribution is 7.91. The molecule has 0 aliphatic heterocycles. The molecule has 0 bridgehead atoms. The molecule has 1 amide bonds. The number of benzene rings is 1. The maximum absolute atomic E-state index is 12.2. The zero-order valence-electron chi connectivity index (χ0n) is 9.50. The smallest absolute Gasteiger partial charge is 0.268 e. The fourth-order valence-corrected chi connectivity index (χ4v) is 2.30. The van der Waals surface area contributed by atoms with E-state index < -0.39 is 36.4 Å². The maximum atomic E-state index is 12.2. The first-order valence-electron chi connectivity index (χ1n) is 4.68. The normalized spacial score (nSPS) is 12.4. The fourth-order valence-electron chi connectivity index (χ4n) is 1.13. The third-order valence-electron chi connectivity index (χ3n) is 1.96. The largest absolute Gasteiger partial charge is 0.341 e. The Morgan fingerprint density at radius 2 is 1.58 bits per heavy atom. The van der Waals surface area contributed by atoms with Gasteiger partial charge in [-0.25, -0.2) is 21.6 Å². The summed E-state index contributed by atoms with van der Waals surface area (Å²) in [7, 11) is -8.50. The van der Waals surface area contributed by atoms with Crippen LogP contribution in [0.1, 0.15) is 10.4 Å². The number of halogens is 2. The van der Waals surface area contributed by atoms with Crippen LogP contribution in [0.15, 0.2) is 29.2 Å². The van der Waals surface area contributed by atoms with Crippen molar-refractivity contribution in [3.63, 3.8) is 0 Å². The Bertz CT molecular complexity index is 680. The predicted molar refractivity (Wildman–Crippen MR) is 61.9 cm³/mol. The molecule has 0 fully saturated rings. The van der Waals surface area contributed by atoms with Crippen molar-refractivity contribution < 1.29 is 30.4 Å². The minimum Gasteiger partial charge on any atom is -0.268 e. The van der Waals surface area contributed by atoms with Crippen molar-refractivity contribution in [1.82, 2.24) is 4.72 Å². The van der Waals surface area contributed by atoms with Gasteiger partial charge in [0, 0.05) is 5.56 Å². The molecular weight excluding hydrogens is 304 g/mol. The summed E-state index contributed by atoms with van der Waals surface area (Å²) in [5.74, 6) is -4.55. The summed E-state index contributed by atoms with van der Waals surface area (Å²) in [6.45, 7) is 0. The van der Waals surface area contributed by atoms with Crippen molar-refractivity contribution in [3.05, 3.63) is 29.8 Å². The van der Waals surface area contributed by atoms with Crippen LogP contribution in [0, 0.1) is 0 Å². The van der Waals surface area contributed by atoms with Crippen LogP contribution in [0.25, 0.3) is 0 Å². The number of carbonyl (C=O) groups excluding carboxylic acids is 1. The lowest BCUT2D eigenvalue weighted by Gasteiger charge is -2.05. The zero-order valence-corrected chi connectivity index (χ0v) is 11.1. The highest BCUT2D eigenvalue weighted by atomic mass is 32.2. The summed E-state index contributed by atoms with van der Waals surface area (Å²) in [4.78, 5) is 10.7. The number of nitrogens with one attached hydrogen (secondary N) is 1. The molecule has 0 heterocycles. The Kier molecular flexibility index (Phi) is 4.25. The molecule has 19 heavy (non-hydrogen) atoms. The summed E-state index contributed by atoms with van der Waals surface area (Å²) in [5.41, 5.74) is -0.168. The minimum atomic E-state index is -4.74. The summed E-state index contributed by atoms with van der Waals surface area (Å²) in [6, 6.07) is 3.49. The molecular formula is C9H9F2NO5S2. The van der Waals surface area contributed by atoms with Crippen LogP contribution in [0.5, 0.6) is 0 Å². The van der Waals surface area contributed by atoms with E-state index in [1.807, 2.05) is 0 Å². The van der Waals surface area contributed by atoms with E-state index in [0.717, 1.165) is 30.5 Å². The zero-order chi connectivity index (χ0) is 14.8. The van der Waals surface area contributed by atoms with Gasteiger partial charge in [-0.1, -0.05) is 0 Å². The molecule has 10 heteroatoms. The molecule has 6 nitrogen and oxygen atoms in total. The van der Waals surface area contributed by atoms with E-state index in [4.69, 9.17) is 0 Å². The Hall–Kier alpha value is -1.55. The topological polar surface area (TPSA) is 97.4 Å². The number of sulfonamides is 1. The van der Waals surface area contributed by atoms with Gasteiger partial charge < -0.3 is 0 Å². The van der Waals surface area contributed by atoms with Gasteiger partial charge in [-0.3, -0.25) is 4.79 Å². The van der Waals surface area contributed by atoms with Gasteiger partial charge in [0.05, 0.1) is 11.2 Å². The third kappa shape index (κ3) is 3.96. The van der Waals surface area contributed by atoms with Crippen molar-refractivity contribution in [3.8, 4) is 0 Å². The van der Waals surface area contributed by atoms with Crippen LogP contribution in [-0.4, -0.2) is 34.8 Å². The Morgan fingerprint density at radius 3 is 1.95 bits per heavy atom. The van der Waals surface area contributed by atoms with Gasteiger partial charge in [-0.15, -0.1) is 0 Å². The second-order valence-corrected chi connectivity index (χ2v) is 7.20. The highest BCUT2D eigenvalue weighted by Crippen LogP contribution is 2.18. The lowest BCUT2D eigenvalue weighted by Crippen LogP contribution is -2.29. The molecule has 106 valence electrons. The van der Waals surface area contributed by atoms with Crippen molar-refractivity contribution in [2.75, 3.05) is 6.26 Å². The van der Waals surface area contributed by atoms with Crippen LogP contribution in [0.4, 0.5) is 8.78 Å². The predicted octanol–water partition coefficient (Wildman–Crippen LogP) is 0.372. The van der Waals surface area contributed by atoms with Crippen molar-refractivity contribution in [2.24, 2.45) is 0 Å². The second-order valence-electron chi connectivity index (χ2n) is 3.53. The molecule has 0 aliphatic carbocycles. The quantitative estimate of drug-likeness (QED) is 0.866. The highest BCUT2D eigenvalue weighted by Gasteiger charge is 2.26. The summed E-state index contributed by atoms with van der Waals surface area (Å²) in [5, 5.41) is 0. The number of hydrogen-bond acceptors (Lipinski definition) is 5. The maximum Gasteiger partial charge on any atom is 0.341 e. The molecule has 0 aliphatic rings. The number of carbonyl (C=O) groups is 1. The number of sulfone groups is 1. The van der Waals surface area contributed by atoms with Gasteiger partial charge in [-0.05, 0) is 24.3 Å². The van der Waals surface area contributed by atoms with E-state index in [2.05, 4.69) is 0 Å². The first kappa shape index (κ1) is 15.5. The van der Waals surface area contributed by atoms with E-state index in [1.165, 1.54) is 0 Å². The molecule has 0 aromatic heterocycles. The van der Waals surface area contributed by atoms with E-state index in [9.17, 15) is 30.4 Å². The lowest BCUT2D eigenvalue weighted by atomic mass is 10.2. The van der Waals surface area contributed by atoms with E-state index >= 15 is 0 Å². The molecule has 0 saturated carbocycles. The van der Waals surface area contributed by atoms with Crippen LogP contribution >= 0.6 is 0 Å². The summed E-state index contributed by atoms with van der Waals surface area (Å²) >= 11 is 0. The average Bonchev–Trinajstić information content (AvgIpc) is 2.26. The van der Waals surface area contributed by atoms with Gasteiger partial charge in [-0.2, -0.15) is 8.78 Å². The standard InChI is InChI=1S/C9H9F2NO5S2/c1-18(14,15)12-8(13)6-2-4-7(5-3-6)19(16,17)9(10)11/h2-5,9H,1H3,(H,12,13). The number of amides is 1. The van der Waals surface area contributed by atoms with Crippen LogP contribution < -0.4 is 4.72 Å². The first-order chi connectivity index (χ1) is 8.54. The molecule has 0 saturated heterocycles. The van der Waals surface area contributed by atoms with Crippen molar-refractivity contribution >= 4 is 25.8 Å². The molecule has 0 atom stereocenters. The number of alkyl halides is 2. The molecule has 0 spiro atoms. The van der Waals surface area contributed by atoms with Crippen LogP contribution in [-0.2, 0) is 19.9 Å². The minimum absolute atomic E-state index is 0.168. The molecule has 1 aromatic rings. The van der Waals surface area contributed by atoms with E-state index in [1.54, 1.807) is 4.72 Å². The van der Waals surface area contributed by atoms with Crippen molar-refractivity contribution in [1.29, 1.82) is 0 Å². The fraction of sp³-hybridized carbons (Fsp3) is 0.222. The Balaban J connectivity index is 3.04. The van der Waals surface area contributed by atoms with Crippen molar-refractivity contribution in [2.45, 2.75) is 10.7 Å². The molecule has 1 rings (SSSR count). The molecule has 1 N–H and O–H groups in total. The molecule has 0 radical (unpaired) electrons. The van der Waals surface area contributed by atoms with Gasteiger partial charge in [0.1, 0.15) is 0 Å². The first-order valence-corrected chi connectivity index (χ1v) is 8.12. The Labute approximate surface area is 108 Å². The monoisotopic (exact) mass is 313 g/mol.